The van der Waals surface area contributed by atoms with Gasteiger partial charge in [-0.15, -0.1) is 0 Å². The summed E-state index contributed by atoms with van der Waals surface area (Å²) in [5.74, 6) is 0.650. The standard InChI is InChI=1S/C13H14N2O/c1-2-6-11-9-12(16)15-13(14-11)10-7-4-3-5-8-10/h3-5,7-9H,2,6H2,1H3,(H,14,15,16). The molecule has 1 heterocycles. The Labute approximate surface area is 94.2 Å². The smallest absolute Gasteiger partial charge is 0.251 e. The van der Waals surface area contributed by atoms with Crippen molar-refractivity contribution in [2.24, 2.45) is 0 Å². The summed E-state index contributed by atoms with van der Waals surface area (Å²) in [5.41, 5.74) is 1.71. The monoisotopic (exact) mass is 214 g/mol. The van der Waals surface area contributed by atoms with Crippen LogP contribution in [0.1, 0.15) is 19.0 Å². The molecule has 3 heteroatoms. The van der Waals surface area contributed by atoms with E-state index in [1.165, 1.54) is 0 Å². The molecule has 1 aromatic heterocycles. The van der Waals surface area contributed by atoms with E-state index < -0.39 is 0 Å². The number of nitrogens with one attached hydrogen (secondary N) is 1. The summed E-state index contributed by atoms with van der Waals surface area (Å²) >= 11 is 0. The van der Waals surface area contributed by atoms with Gasteiger partial charge in [-0.05, 0) is 6.42 Å². The molecule has 1 N–H and O–H groups in total. The second-order valence-electron chi connectivity index (χ2n) is 3.70. The van der Waals surface area contributed by atoms with Gasteiger partial charge in [0.25, 0.3) is 5.56 Å². The van der Waals surface area contributed by atoms with Crippen molar-refractivity contribution >= 4 is 0 Å². The van der Waals surface area contributed by atoms with E-state index in [9.17, 15) is 4.79 Å². The third-order valence-electron chi connectivity index (χ3n) is 2.35. The summed E-state index contributed by atoms with van der Waals surface area (Å²) in [6, 6.07) is 11.2. The van der Waals surface area contributed by atoms with Crippen LogP contribution in [0.15, 0.2) is 41.2 Å². The quantitative estimate of drug-likeness (QED) is 0.852. The molecule has 0 unspecified atom stereocenters. The molecule has 1 aromatic carbocycles. The molecule has 0 saturated heterocycles. The van der Waals surface area contributed by atoms with Gasteiger partial charge in [-0.1, -0.05) is 43.7 Å². The van der Waals surface area contributed by atoms with Crippen molar-refractivity contribution < 1.29 is 0 Å². The van der Waals surface area contributed by atoms with Crippen LogP contribution >= 0.6 is 0 Å². The van der Waals surface area contributed by atoms with Crippen molar-refractivity contribution in [3.63, 3.8) is 0 Å². The lowest BCUT2D eigenvalue weighted by Gasteiger charge is -2.03. The minimum Gasteiger partial charge on any atom is -0.307 e. The average molecular weight is 214 g/mol. The van der Waals surface area contributed by atoms with Gasteiger partial charge < -0.3 is 4.98 Å². The van der Waals surface area contributed by atoms with Crippen molar-refractivity contribution in [1.82, 2.24) is 9.97 Å². The molecule has 2 rings (SSSR count). The third kappa shape index (κ3) is 2.37. The summed E-state index contributed by atoms with van der Waals surface area (Å²) in [6.07, 6.45) is 1.83. The van der Waals surface area contributed by atoms with Crippen LogP contribution in [0.2, 0.25) is 0 Å². The first kappa shape index (κ1) is 10.6. The summed E-state index contributed by atoms with van der Waals surface area (Å²) in [4.78, 5) is 18.7. The van der Waals surface area contributed by atoms with Crippen molar-refractivity contribution in [3.8, 4) is 11.4 Å². The van der Waals surface area contributed by atoms with E-state index in [4.69, 9.17) is 0 Å². The maximum Gasteiger partial charge on any atom is 0.251 e. The Balaban J connectivity index is 2.45. The maximum atomic E-state index is 11.5. The topological polar surface area (TPSA) is 45.8 Å². The molecule has 2 aromatic rings. The zero-order valence-corrected chi connectivity index (χ0v) is 9.23. The van der Waals surface area contributed by atoms with Crippen molar-refractivity contribution in [1.29, 1.82) is 0 Å². The van der Waals surface area contributed by atoms with Crippen LogP contribution in [-0.2, 0) is 6.42 Å². The molecule has 16 heavy (non-hydrogen) atoms. The number of hydrogen-bond donors (Lipinski definition) is 1. The number of hydrogen-bond acceptors (Lipinski definition) is 2. The highest BCUT2D eigenvalue weighted by atomic mass is 16.1. The van der Waals surface area contributed by atoms with Crippen molar-refractivity contribution in [3.05, 3.63) is 52.4 Å². The minimum absolute atomic E-state index is 0.0858. The fraction of sp³-hybridized carbons (Fsp3) is 0.231. The van der Waals surface area contributed by atoms with Crippen LogP contribution in [0.25, 0.3) is 11.4 Å². The van der Waals surface area contributed by atoms with Crippen LogP contribution < -0.4 is 5.56 Å². The molecule has 0 saturated carbocycles. The summed E-state index contributed by atoms with van der Waals surface area (Å²) in [6.45, 7) is 2.07. The molecule has 0 bridgehead atoms. The Bertz CT molecular complexity index is 517. The molecule has 0 amide bonds. The predicted molar refractivity (Wildman–Crippen MR) is 64.3 cm³/mol. The van der Waals surface area contributed by atoms with Gasteiger partial charge in [0.1, 0.15) is 5.82 Å². The molecule has 0 aliphatic heterocycles. The maximum absolute atomic E-state index is 11.5. The normalized spacial score (nSPS) is 10.3. The fourth-order valence-electron chi connectivity index (χ4n) is 1.62. The first-order chi connectivity index (χ1) is 7.79. The summed E-state index contributed by atoms with van der Waals surface area (Å²) in [7, 11) is 0. The molecule has 82 valence electrons. The van der Waals surface area contributed by atoms with Crippen LogP contribution in [0, 0.1) is 0 Å². The van der Waals surface area contributed by atoms with E-state index in [-0.39, 0.29) is 5.56 Å². The number of nitrogens with zero attached hydrogens (tertiary/aromatic N) is 1. The molecule has 0 radical (unpaired) electrons. The van der Waals surface area contributed by atoms with Gasteiger partial charge in [0.15, 0.2) is 0 Å². The van der Waals surface area contributed by atoms with Gasteiger partial charge in [0.2, 0.25) is 0 Å². The highest BCUT2D eigenvalue weighted by Gasteiger charge is 2.02. The molecule has 0 aliphatic rings. The molecule has 0 aliphatic carbocycles. The molecule has 0 atom stereocenters. The van der Waals surface area contributed by atoms with E-state index in [1.54, 1.807) is 6.07 Å². The Hall–Kier alpha value is -1.90. The number of aryl methyl sites for hydroxylation is 1. The zero-order chi connectivity index (χ0) is 11.4. The van der Waals surface area contributed by atoms with E-state index in [0.29, 0.717) is 5.82 Å². The molecular weight excluding hydrogens is 200 g/mol. The Morgan fingerprint density at radius 2 is 2.00 bits per heavy atom. The Kier molecular flexibility index (Phi) is 3.15. The van der Waals surface area contributed by atoms with E-state index in [0.717, 1.165) is 24.1 Å². The van der Waals surface area contributed by atoms with Crippen LogP contribution in [-0.4, -0.2) is 9.97 Å². The fourth-order valence-corrected chi connectivity index (χ4v) is 1.62. The summed E-state index contributed by atoms with van der Waals surface area (Å²) < 4.78 is 0. The molecule has 3 nitrogen and oxygen atoms in total. The SMILES string of the molecule is CCCc1cc(=O)[nH]c(-c2ccccc2)n1. The van der Waals surface area contributed by atoms with Gasteiger partial charge in [-0.3, -0.25) is 4.79 Å². The second kappa shape index (κ2) is 4.75. The van der Waals surface area contributed by atoms with Crippen LogP contribution in [0.3, 0.4) is 0 Å². The lowest BCUT2D eigenvalue weighted by atomic mass is 10.2. The Morgan fingerprint density at radius 1 is 1.25 bits per heavy atom. The highest BCUT2D eigenvalue weighted by Crippen LogP contribution is 2.12. The molecule has 0 spiro atoms. The molecular formula is C13H14N2O. The number of rotatable bonds is 3. The van der Waals surface area contributed by atoms with E-state index >= 15 is 0 Å². The first-order valence-electron chi connectivity index (χ1n) is 5.45. The van der Waals surface area contributed by atoms with Crippen LogP contribution in [0.4, 0.5) is 0 Å². The first-order valence-corrected chi connectivity index (χ1v) is 5.45. The van der Waals surface area contributed by atoms with Crippen molar-refractivity contribution in [2.75, 3.05) is 0 Å². The minimum atomic E-state index is -0.0858. The zero-order valence-electron chi connectivity index (χ0n) is 9.23. The van der Waals surface area contributed by atoms with E-state index in [1.807, 2.05) is 30.3 Å². The number of aromatic nitrogens is 2. The summed E-state index contributed by atoms with van der Waals surface area (Å²) in [5, 5.41) is 0. The number of aromatic amines is 1. The predicted octanol–water partition coefficient (Wildman–Crippen LogP) is 2.39. The second-order valence-corrected chi connectivity index (χ2v) is 3.70. The van der Waals surface area contributed by atoms with Gasteiger partial charge in [0.05, 0.1) is 0 Å². The third-order valence-corrected chi connectivity index (χ3v) is 2.35. The number of H-pyrrole nitrogens is 1. The van der Waals surface area contributed by atoms with Crippen LogP contribution in [0.5, 0.6) is 0 Å². The van der Waals surface area contributed by atoms with E-state index in [2.05, 4.69) is 16.9 Å². The number of benzene rings is 1. The van der Waals surface area contributed by atoms with Gasteiger partial charge in [-0.2, -0.15) is 0 Å². The Morgan fingerprint density at radius 3 is 2.69 bits per heavy atom. The lowest BCUT2D eigenvalue weighted by molar-refractivity contribution is 0.870. The largest absolute Gasteiger partial charge is 0.307 e. The highest BCUT2D eigenvalue weighted by molar-refractivity contribution is 5.54. The average Bonchev–Trinajstić information content (AvgIpc) is 2.30. The van der Waals surface area contributed by atoms with Gasteiger partial charge in [-0.25, -0.2) is 4.98 Å². The van der Waals surface area contributed by atoms with Gasteiger partial charge in [0, 0.05) is 17.3 Å². The lowest BCUT2D eigenvalue weighted by Crippen LogP contribution is -2.10. The molecule has 0 fully saturated rings. The van der Waals surface area contributed by atoms with Crippen molar-refractivity contribution in [2.45, 2.75) is 19.8 Å². The van der Waals surface area contributed by atoms with Gasteiger partial charge >= 0.3 is 0 Å².